The molecule has 1 amide bonds. The fourth-order valence-electron chi connectivity index (χ4n) is 2.13. The van der Waals surface area contributed by atoms with Crippen LogP contribution >= 0.6 is 15.9 Å². The minimum atomic E-state index is -0.517. The Balaban J connectivity index is 1.95. The average Bonchev–Trinajstić information content (AvgIpc) is 2.91. The predicted octanol–water partition coefficient (Wildman–Crippen LogP) is 2.51. The van der Waals surface area contributed by atoms with Crippen LogP contribution < -0.4 is 5.32 Å². The molecule has 2 rings (SSSR count). The van der Waals surface area contributed by atoms with Gasteiger partial charge in [-0.1, -0.05) is 6.07 Å². The largest absolute Gasteiger partial charge is 0.381 e. The fraction of sp³-hybridized carbons (Fsp3) is 0.462. The topological polar surface area (TPSA) is 81.5 Å². The maximum Gasteiger partial charge on any atom is 0.284 e. The van der Waals surface area contributed by atoms with Gasteiger partial charge in [-0.25, -0.2) is 0 Å². The van der Waals surface area contributed by atoms with Crippen LogP contribution in [0, 0.1) is 16.0 Å². The molecule has 108 valence electrons. The molecule has 0 radical (unpaired) electrons. The second-order valence-corrected chi connectivity index (χ2v) is 5.46. The number of nitrogens with one attached hydrogen (secondary N) is 1. The summed E-state index contributed by atoms with van der Waals surface area (Å²) in [6, 6.07) is 4.42. The van der Waals surface area contributed by atoms with Crippen molar-refractivity contribution in [1.29, 1.82) is 0 Å². The summed E-state index contributed by atoms with van der Waals surface area (Å²) in [6.45, 7) is 2.08. The molecular formula is C13H15BrN2O4. The summed E-state index contributed by atoms with van der Waals surface area (Å²) in [6.07, 6.45) is 1.88. The van der Waals surface area contributed by atoms with Gasteiger partial charge in [0.1, 0.15) is 4.47 Å². The van der Waals surface area contributed by atoms with Gasteiger partial charge in [0.25, 0.3) is 11.6 Å². The highest BCUT2D eigenvalue weighted by Gasteiger charge is 2.20. The molecule has 1 heterocycles. The molecule has 1 aromatic rings. The summed E-state index contributed by atoms with van der Waals surface area (Å²) in [5.74, 6) is 0.184. The van der Waals surface area contributed by atoms with Crippen LogP contribution in [0.25, 0.3) is 0 Å². The molecule has 1 aromatic carbocycles. The van der Waals surface area contributed by atoms with Crippen LogP contribution in [0.5, 0.6) is 0 Å². The van der Waals surface area contributed by atoms with E-state index in [0.29, 0.717) is 12.5 Å². The number of rotatable bonds is 5. The normalized spacial score (nSPS) is 17.9. The van der Waals surface area contributed by atoms with Gasteiger partial charge in [0.15, 0.2) is 0 Å². The molecule has 1 aliphatic rings. The molecule has 0 bridgehead atoms. The molecule has 1 aliphatic heterocycles. The standard InChI is InChI=1S/C13H15BrN2O4/c14-12-10(2-1-3-11(12)16(18)19)13(17)15-6-4-9-5-7-20-8-9/h1-3,9H,4-8H2,(H,15,17). The van der Waals surface area contributed by atoms with E-state index in [1.165, 1.54) is 12.1 Å². The van der Waals surface area contributed by atoms with Crippen molar-refractivity contribution in [3.63, 3.8) is 0 Å². The molecule has 0 aromatic heterocycles. The van der Waals surface area contributed by atoms with Gasteiger partial charge in [-0.15, -0.1) is 0 Å². The second-order valence-electron chi connectivity index (χ2n) is 4.67. The van der Waals surface area contributed by atoms with E-state index >= 15 is 0 Å². The third-order valence-electron chi connectivity index (χ3n) is 3.28. The Morgan fingerprint density at radius 3 is 3.00 bits per heavy atom. The number of ether oxygens (including phenoxy) is 1. The highest BCUT2D eigenvalue weighted by Crippen LogP contribution is 2.28. The average molecular weight is 343 g/mol. The van der Waals surface area contributed by atoms with Gasteiger partial charge in [-0.3, -0.25) is 14.9 Å². The molecule has 1 unspecified atom stereocenters. The van der Waals surface area contributed by atoms with Crippen molar-refractivity contribution >= 4 is 27.5 Å². The highest BCUT2D eigenvalue weighted by molar-refractivity contribution is 9.10. The van der Waals surface area contributed by atoms with Crippen LogP contribution in [-0.4, -0.2) is 30.6 Å². The van der Waals surface area contributed by atoms with E-state index in [9.17, 15) is 14.9 Å². The smallest absolute Gasteiger partial charge is 0.284 e. The Morgan fingerprint density at radius 1 is 1.55 bits per heavy atom. The van der Waals surface area contributed by atoms with E-state index < -0.39 is 4.92 Å². The Kier molecular flexibility index (Phi) is 5.08. The molecular weight excluding hydrogens is 328 g/mol. The molecule has 0 saturated carbocycles. The lowest BCUT2D eigenvalue weighted by Crippen LogP contribution is -2.26. The van der Waals surface area contributed by atoms with E-state index in [-0.39, 0.29) is 21.6 Å². The minimum Gasteiger partial charge on any atom is -0.381 e. The van der Waals surface area contributed by atoms with E-state index in [1.807, 2.05) is 0 Å². The number of carbonyl (C=O) groups is 1. The minimum absolute atomic E-state index is 0.109. The molecule has 1 atom stereocenters. The summed E-state index contributed by atoms with van der Waals surface area (Å²) >= 11 is 3.12. The lowest BCUT2D eigenvalue weighted by atomic mass is 10.1. The van der Waals surface area contributed by atoms with E-state index in [4.69, 9.17) is 4.74 Å². The number of halogens is 1. The zero-order valence-electron chi connectivity index (χ0n) is 10.8. The molecule has 20 heavy (non-hydrogen) atoms. The van der Waals surface area contributed by atoms with Gasteiger partial charge in [0.2, 0.25) is 0 Å². The second kappa shape index (κ2) is 6.81. The zero-order chi connectivity index (χ0) is 14.5. The van der Waals surface area contributed by atoms with Crippen molar-refractivity contribution in [1.82, 2.24) is 5.32 Å². The number of hydrogen-bond donors (Lipinski definition) is 1. The van der Waals surface area contributed by atoms with Gasteiger partial charge >= 0.3 is 0 Å². The first-order chi connectivity index (χ1) is 9.59. The maximum absolute atomic E-state index is 12.0. The summed E-state index contributed by atoms with van der Waals surface area (Å²) in [7, 11) is 0. The monoisotopic (exact) mass is 342 g/mol. The number of nitrogens with zero attached hydrogens (tertiary/aromatic N) is 1. The Labute approximate surface area is 124 Å². The van der Waals surface area contributed by atoms with Crippen molar-refractivity contribution in [2.24, 2.45) is 5.92 Å². The maximum atomic E-state index is 12.0. The quantitative estimate of drug-likeness (QED) is 0.658. The lowest BCUT2D eigenvalue weighted by molar-refractivity contribution is -0.385. The number of benzene rings is 1. The molecule has 0 spiro atoms. The summed E-state index contributed by atoms with van der Waals surface area (Å²) in [5.41, 5.74) is 0.170. The van der Waals surface area contributed by atoms with E-state index in [2.05, 4.69) is 21.2 Å². The van der Waals surface area contributed by atoms with Crippen molar-refractivity contribution in [2.45, 2.75) is 12.8 Å². The fourth-order valence-corrected chi connectivity index (χ4v) is 2.72. The van der Waals surface area contributed by atoms with E-state index in [0.717, 1.165) is 26.1 Å². The van der Waals surface area contributed by atoms with Crippen LogP contribution in [0.4, 0.5) is 5.69 Å². The molecule has 0 aliphatic carbocycles. The first-order valence-corrected chi connectivity index (χ1v) is 7.17. The third kappa shape index (κ3) is 3.55. The summed E-state index contributed by atoms with van der Waals surface area (Å²) in [4.78, 5) is 22.3. The Hall–Kier alpha value is -1.47. The highest BCUT2D eigenvalue weighted by atomic mass is 79.9. The predicted molar refractivity (Wildman–Crippen MR) is 76.7 cm³/mol. The number of amides is 1. The Bertz CT molecular complexity index is 515. The van der Waals surface area contributed by atoms with Crippen molar-refractivity contribution in [3.05, 3.63) is 38.3 Å². The third-order valence-corrected chi connectivity index (χ3v) is 4.12. The van der Waals surface area contributed by atoms with Gasteiger partial charge in [0.05, 0.1) is 10.5 Å². The summed E-state index contributed by atoms with van der Waals surface area (Å²) < 4.78 is 5.48. The van der Waals surface area contributed by atoms with Gasteiger partial charge in [-0.2, -0.15) is 0 Å². The number of carbonyl (C=O) groups excluding carboxylic acids is 1. The lowest BCUT2D eigenvalue weighted by Gasteiger charge is -2.09. The van der Waals surface area contributed by atoms with Crippen molar-refractivity contribution in [3.8, 4) is 0 Å². The van der Waals surface area contributed by atoms with Crippen LogP contribution in [0.2, 0.25) is 0 Å². The molecule has 7 heteroatoms. The molecule has 6 nitrogen and oxygen atoms in total. The van der Waals surface area contributed by atoms with Crippen LogP contribution in [0.15, 0.2) is 22.7 Å². The van der Waals surface area contributed by atoms with Crippen LogP contribution in [0.3, 0.4) is 0 Å². The molecule has 1 saturated heterocycles. The number of hydrogen-bond acceptors (Lipinski definition) is 4. The Morgan fingerprint density at radius 2 is 2.35 bits per heavy atom. The van der Waals surface area contributed by atoms with Crippen LogP contribution in [-0.2, 0) is 4.74 Å². The van der Waals surface area contributed by atoms with Crippen molar-refractivity contribution < 1.29 is 14.5 Å². The SMILES string of the molecule is O=C(NCCC1CCOC1)c1cccc([N+](=O)[O-])c1Br. The van der Waals surface area contributed by atoms with E-state index in [1.54, 1.807) is 6.07 Å². The first kappa shape index (κ1) is 14.9. The summed E-state index contributed by atoms with van der Waals surface area (Å²) in [5, 5.41) is 13.6. The number of nitro groups is 1. The van der Waals surface area contributed by atoms with Gasteiger partial charge < -0.3 is 10.1 Å². The number of nitro benzene ring substituents is 1. The van der Waals surface area contributed by atoms with Gasteiger partial charge in [0, 0.05) is 25.8 Å². The molecule has 1 fully saturated rings. The van der Waals surface area contributed by atoms with Gasteiger partial charge in [-0.05, 0) is 40.8 Å². The van der Waals surface area contributed by atoms with Crippen LogP contribution in [0.1, 0.15) is 23.2 Å². The first-order valence-electron chi connectivity index (χ1n) is 6.38. The zero-order valence-corrected chi connectivity index (χ0v) is 12.4. The molecule has 1 N–H and O–H groups in total. The van der Waals surface area contributed by atoms with Crippen molar-refractivity contribution in [2.75, 3.05) is 19.8 Å².